The Morgan fingerprint density at radius 1 is 1.00 bits per heavy atom. The molecule has 1 aliphatic rings. The molecule has 1 N–H and O–H groups in total. The van der Waals surface area contributed by atoms with Gasteiger partial charge in [-0.2, -0.15) is 0 Å². The monoisotopic (exact) mass is 351 g/mol. The summed E-state index contributed by atoms with van der Waals surface area (Å²) in [5, 5.41) is 2.72. The van der Waals surface area contributed by atoms with Crippen molar-refractivity contribution in [3.05, 3.63) is 66.7 Å². The van der Waals surface area contributed by atoms with Gasteiger partial charge in [0.2, 0.25) is 0 Å². The maximum Gasteiger partial charge on any atom is 0.309 e. The minimum Gasteiger partial charge on any atom is -0.457 e. The van der Waals surface area contributed by atoms with Crippen LogP contribution >= 0.6 is 0 Å². The number of carbonyl (C=O) groups is 2. The Morgan fingerprint density at radius 2 is 1.81 bits per heavy atom. The van der Waals surface area contributed by atoms with Gasteiger partial charge in [-0.1, -0.05) is 36.4 Å². The van der Waals surface area contributed by atoms with Crippen LogP contribution in [0.3, 0.4) is 0 Å². The largest absolute Gasteiger partial charge is 0.457 e. The number of para-hydroxylation sites is 1. The molecule has 0 saturated carbocycles. The van der Waals surface area contributed by atoms with Gasteiger partial charge in [0, 0.05) is 11.8 Å². The summed E-state index contributed by atoms with van der Waals surface area (Å²) in [6.45, 7) is -0.289. The summed E-state index contributed by atoms with van der Waals surface area (Å²) >= 11 is 0. The predicted molar refractivity (Wildman–Crippen MR) is 99.0 cm³/mol. The average molecular weight is 351 g/mol. The molecule has 26 heavy (non-hydrogen) atoms. The van der Waals surface area contributed by atoms with Crippen LogP contribution in [0.5, 0.6) is 11.5 Å². The van der Waals surface area contributed by atoms with E-state index in [0.29, 0.717) is 23.6 Å². The van der Waals surface area contributed by atoms with Gasteiger partial charge in [-0.05, 0) is 43.5 Å². The Kier molecular flexibility index (Phi) is 6.04. The Balaban J connectivity index is 1.50. The number of esters is 1. The highest BCUT2D eigenvalue weighted by Gasteiger charge is 2.21. The first-order chi connectivity index (χ1) is 12.7. The fourth-order valence-electron chi connectivity index (χ4n) is 2.72. The molecule has 1 unspecified atom stereocenters. The second kappa shape index (κ2) is 8.85. The Bertz CT molecular complexity index is 786. The molecule has 0 radical (unpaired) electrons. The molecule has 0 saturated heterocycles. The van der Waals surface area contributed by atoms with Crippen LogP contribution in [0.1, 0.15) is 19.3 Å². The zero-order chi connectivity index (χ0) is 18.2. The SMILES string of the molecule is O=C(COC(=O)C1CC=CCC1)Nc1cccc(Oc2ccccc2)c1. The second-order valence-corrected chi connectivity index (χ2v) is 6.08. The topological polar surface area (TPSA) is 64.6 Å². The van der Waals surface area contributed by atoms with E-state index in [0.717, 1.165) is 12.8 Å². The standard InChI is InChI=1S/C21H21NO4/c23-20(15-25-21(24)16-8-3-1-4-9-16)22-17-10-7-13-19(14-17)26-18-11-5-2-6-12-18/h1-3,5-7,10-14,16H,4,8-9,15H2,(H,22,23). The number of carbonyl (C=O) groups excluding carboxylic acids is 2. The highest BCUT2D eigenvalue weighted by molar-refractivity contribution is 5.93. The van der Waals surface area contributed by atoms with E-state index in [2.05, 4.69) is 11.4 Å². The van der Waals surface area contributed by atoms with Crippen LogP contribution in [-0.4, -0.2) is 18.5 Å². The summed E-state index contributed by atoms with van der Waals surface area (Å²) in [7, 11) is 0. The van der Waals surface area contributed by atoms with Crippen molar-refractivity contribution in [1.29, 1.82) is 0 Å². The normalized spacial score (nSPS) is 15.9. The lowest BCUT2D eigenvalue weighted by atomic mass is 9.95. The minimum atomic E-state index is -0.374. The summed E-state index contributed by atoms with van der Waals surface area (Å²) < 4.78 is 10.9. The van der Waals surface area contributed by atoms with Gasteiger partial charge in [-0.15, -0.1) is 0 Å². The molecule has 1 aliphatic carbocycles. The molecule has 5 heteroatoms. The molecule has 134 valence electrons. The number of benzene rings is 2. The minimum absolute atomic E-state index is 0.143. The van der Waals surface area contributed by atoms with Crippen molar-refractivity contribution in [2.45, 2.75) is 19.3 Å². The summed E-state index contributed by atoms with van der Waals surface area (Å²) in [6, 6.07) is 16.5. The van der Waals surface area contributed by atoms with Crippen LogP contribution < -0.4 is 10.1 Å². The van der Waals surface area contributed by atoms with Gasteiger partial charge >= 0.3 is 5.97 Å². The van der Waals surface area contributed by atoms with Crippen molar-refractivity contribution < 1.29 is 19.1 Å². The molecule has 1 amide bonds. The van der Waals surface area contributed by atoms with Crippen molar-refractivity contribution in [2.24, 2.45) is 5.92 Å². The van der Waals surface area contributed by atoms with E-state index in [4.69, 9.17) is 9.47 Å². The first-order valence-electron chi connectivity index (χ1n) is 8.65. The van der Waals surface area contributed by atoms with Crippen LogP contribution in [-0.2, 0) is 14.3 Å². The quantitative estimate of drug-likeness (QED) is 0.622. The maximum absolute atomic E-state index is 12.0. The molecule has 2 aromatic rings. The molecule has 0 bridgehead atoms. The molecule has 0 heterocycles. The number of nitrogens with one attached hydrogen (secondary N) is 1. The lowest BCUT2D eigenvalue weighted by molar-refractivity contribution is -0.151. The number of amides is 1. The molecule has 0 fully saturated rings. The van der Waals surface area contributed by atoms with Gasteiger partial charge < -0.3 is 14.8 Å². The van der Waals surface area contributed by atoms with E-state index in [1.807, 2.05) is 36.4 Å². The molecule has 5 nitrogen and oxygen atoms in total. The number of hydrogen-bond acceptors (Lipinski definition) is 4. The molecule has 1 atom stereocenters. The number of rotatable bonds is 6. The molecule has 3 rings (SSSR count). The number of ether oxygens (including phenoxy) is 2. The van der Waals surface area contributed by atoms with Gasteiger partial charge in [0.1, 0.15) is 11.5 Å². The van der Waals surface area contributed by atoms with Gasteiger partial charge in [-0.25, -0.2) is 0 Å². The predicted octanol–water partition coefficient (Wildman–Crippen LogP) is 4.32. The van der Waals surface area contributed by atoms with Crippen LogP contribution in [0.2, 0.25) is 0 Å². The number of allylic oxidation sites excluding steroid dienone is 2. The second-order valence-electron chi connectivity index (χ2n) is 6.08. The molecular weight excluding hydrogens is 330 g/mol. The van der Waals surface area contributed by atoms with E-state index in [1.54, 1.807) is 24.3 Å². The van der Waals surface area contributed by atoms with Crippen LogP contribution in [0.4, 0.5) is 5.69 Å². The lowest BCUT2D eigenvalue weighted by Gasteiger charge is -2.16. The zero-order valence-corrected chi connectivity index (χ0v) is 14.4. The van der Waals surface area contributed by atoms with Gasteiger partial charge in [0.25, 0.3) is 5.91 Å². The van der Waals surface area contributed by atoms with Gasteiger partial charge in [0.05, 0.1) is 5.92 Å². The fraction of sp³-hybridized carbons (Fsp3) is 0.238. The van der Waals surface area contributed by atoms with Crippen molar-refractivity contribution in [1.82, 2.24) is 0 Å². The Morgan fingerprint density at radius 3 is 2.58 bits per heavy atom. The van der Waals surface area contributed by atoms with Gasteiger partial charge in [0.15, 0.2) is 6.61 Å². The van der Waals surface area contributed by atoms with Crippen molar-refractivity contribution >= 4 is 17.6 Å². The lowest BCUT2D eigenvalue weighted by Crippen LogP contribution is -2.25. The van der Waals surface area contributed by atoms with Crippen LogP contribution in [0, 0.1) is 5.92 Å². The third-order valence-corrected chi connectivity index (χ3v) is 4.04. The third kappa shape index (κ3) is 5.21. The summed E-state index contributed by atoms with van der Waals surface area (Å²) in [5.74, 6) is 0.494. The molecule has 0 aliphatic heterocycles. The van der Waals surface area contributed by atoms with Crippen molar-refractivity contribution in [2.75, 3.05) is 11.9 Å². The Labute approximate surface area is 152 Å². The zero-order valence-electron chi connectivity index (χ0n) is 14.4. The van der Waals surface area contributed by atoms with Crippen molar-refractivity contribution in [3.8, 4) is 11.5 Å². The Hall–Kier alpha value is -3.08. The van der Waals surface area contributed by atoms with E-state index >= 15 is 0 Å². The van der Waals surface area contributed by atoms with E-state index in [9.17, 15) is 9.59 Å². The fourth-order valence-corrected chi connectivity index (χ4v) is 2.72. The van der Waals surface area contributed by atoms with E-state index < -0.39 is 0 Å². The first-order valence-corrected chi connectivity index (χ1v) is 8.65. The van der Waals surface area contributed by atoms with E-state index in [1.165, 1.54) is 0 Å². The van der Waals surface area contributed by atoms with Gasteiger partial charge in [-0.3, -0.25) is 9.59 Å². The number of hydrogen-bond donors (Lipinski definition) is 1. The molecular formula is C21H21NO4. The summed E-state index contributed by atoms with van der Waals surface area (Å²) in [4.78, 5) is 24.0. The van der Waals surface area contributed by atoms with Crippen LogP contribution in [0.25, 0.3) is 0 Å². The third-order valence-electron chi connectivity index (χ3n) is 4.04. The molecule has 0 aromatic heterocycles. The maximum atomic E-state index is 12.0. The first kappa shape index (κ1) is 17.7. The highest BCUT2D eigenvalue weighted by atomic mass is 16.5. The highest BCUT2D eigenvalue weighted by Crippen LogP contribution is 2.24. The van der Waals surface area contributed by atoms with Crippen LogP contribution in [0.15, 0.2) is 66.7 Å². The molecule has 0 spiro atoms. The smallest absolute Gasteiger partial charge is 0.309 e. The van der Waals surface area contributed by atoms with Crippen molar-refractivity contribution in [3.63, 3.8) is 0 Å². The summed E-state index contributed by atoms with van der Waals surface area (Å²) in [6.07, 6.45) is 6.37. The average Bonchev–Trinajstić information content (AvgIpc) is 2.68. The van der Waals surface area contributed by atoms with E-state index in [-0.39, 0.29) is 24.4 Å². The molecule has 2 aromatic carbocycles. The summed E-state index contributed by atoms with van der Waals surface area (Å²) in [5.41, 5.74) is 0.583. The number of anilines is 1.